The van der Waals surface area contributed by atoms with Crippen molar-refractivity contribution in [1.29, 1.82) is 0 Å². The molecule has 5 heteroatoms. The van der Waals surface area contributed by atoms with Crippen molar-refractivity contribution < 1.29 is 9.90 Å². The number of amides is 1. The van der Waals surface area contributed by atoms with Gasteiger partial charge in [0, 0.05) is 18.3 Å². The van der Waals surface area contributed by atoms with Gasteiger partial charge in [0.05, 0.1) is 12.2 Å². The first kappa shape index (κ1) is 14.7. The fraction of sp³-hybridized carbons (Fsp3) is 0.188. The number of aryl methyl sites for hydroxylation is 1. The maximum absolute atomic E-state index is 12.0. The number of carbonyl (C=O) groups is 1. The lowest BCUT2D eigenvalue weighted by Crippen LogP contribution is -2.13. The predicted octanol–water partition coefficient (Wildman–Crippen LogP) is 1.77. The molecule has 106 valence electrons. The Hall–Kier alpha value is -2.71. The predicted molar refractivity (Wildman–Crippen MR) is 79.7 cm³/mol. The van der Waals surface area contributed by atoms with E-state index >= 15 is 0 Å². The van der Waals surface area contributed by atoms with Crippen LogP contribution >= 0.6 is 0 Å². The minimum Gasteiger partial charge on any atom is -0.395 e. The first-order valence-corrected chi connectivity index (χ1v) is 6.50. The van der Waals surface area contributed by atoms with Crippen LogP contribution in [0.15, 0.2) is 36.5 Å². The van der Waals surface area contributed by atoms with Crippen LogP contribution in [0.3, 0.4) is 0 Å². The zero-order chi connectivity index (χ0) is 15.1. The molecule has 0 aliphatic heterocycles. The van der Waals surface area contributed by atoms with Crippen LogP contribution in [-0.2, 0) is 0 Å². The molecule has 2 N–H and O–H groups in total. The summed E-state index contributed by atoms with van der Waals surface area (Å²) in [7, 11) is 0. The van der Waals surface area contributed by atoms with Crippen LogP contribution in [0.5, 0.6) is 0 Å². The van der Waals surface area contributed by atoms with Crippen molar-refractivity contribution in [2.45, 2.75) is 13.3 Å². The number of pyridine rings is 2. The molecule has 0 bridgehead atoms. The van der Waals surface area contributed by atoms with Crippen LogP contribution in [0.25, 0.3) is 0 Å². The number of nitrogens with one attached hydrogen (secondary N) is 1. The van der Waals surface area contributed by atoms with E-state index in [-0.39, 0.29) is 12.5 Å². The van der Waals surface area contributed by atoms with E-state index in [2.05, 4.69) is 27.1 Å². The van der Waals surface area contributed by atoms with Gasteiger partial charge >= 0.3 is 0 Å². The van der Waals surface area contributed by atoms with Crippen molar-refractivity contribution in [3.05, 3.63) is 53.5 Å². The molecule has 2 heterocycles. The Morgan fingerprint density at radius 3 is 2.90 bits per heavy atom. The molecule has 21 heavy (non-hydrogen) atoms. The number of aliphatic hydroxyl groups excluding tert-OH is 1. The minimum absolute atomic E-state index is 0.0177. The van der Waals surface area contributed by atoms with Gasteiger partial charge in [-0.2, -0.15) is 0 Å². The molecule has 0 saturated heterocycles. The third kappa shape index (κ3) is 4.41. The number of hydrogen-bond acceptors (Lipinski definition) is 4. The summed E-state index contributed by atoms with van der Waals surface area (Å²) in [5, 5.41) is 11.4. The normalized spacial score (nSPS) is 9.62. The highest BCUT2D eigenvalue weighted by Gasteiger charge is 2.07. The molecule has 0 saturated carbocycles. The highest BCUT2D eigenvalue weighted by molar-refractivity contribution is 6.03. The number of rotatable bonds is 3. The Morgan fingerprint density at radius 1 is 1.33 bits per heavy atom. The Kier molecular flexibility index (Phi) is 5.02. The number of aliphatic hydroxyl groups is 1. The van der Waals surface area contributed by atoms with E-state index in [4.69, 9.17) is 5.11 Å². The van der Waals surface area contributed by atoms with Crippen LogP contribution < -0.4 is 5.32 Å². The van der Waals surface area contributed by atoms with Crippen LogP contribution in [-0.4, -0.2) is 27.6 Å². The summed E-state index contributed by atoms with van der Waals surface area (Å²) in [4.78, 5) is 20.3. The van der Waals surface area contributed by atoms with E-state index < -0.39 is 0 Å². The topological polar surface area (TPSA) is 75.1 Å². The van der Waals surface area contributed by atoms with E-state index in [0.29, 0.717) is 23.5 Å². The standard InChI is InChI=1S/C16H15N3O2/c1-12-8-9-13(11-17-12)16(21)19-15-7-4-6-14(18-15)5-2-3-10-20/h4,6-9,11,20H,3,10H2,1H3,(H,18,19,21). The summed E-state index contributed by atoms with van der Waals surface area (Å²) in [5.74, 6) is 5.77. The van der Waals surface area contributed by atoms with Gasteiger partial charge in [-0.3, -0.25) is 9.78 Å². The second-order valence-corrected chi connectivity index (χ2v) is 4.33. The molecule has 0 fully saturated rings. The zero-order valence-electron chi connectivity index (χ0n) is 11.6. The quantitative estimate of drug-likeness (QED) is 0.841. The molecular formula is C16H15N3O2. The van der Waals surface area contributed by atoms with E-state index in [1.807, 2.05) is 6.92 Å². The Morgan fingerprint density at radius 2 is 2.19 bits per heavy atom. The van der Waals surface area contributed by atoms with E-state index in [9.17, 15) is 4.79 Å². The molecule has 0 atom stereocenters. The summed E-state index contributed by atoms with van der Waals surface area (Å²) in [6.45, 7) is 1.88. The van der Waals surface area contributed by atoms with Crippen molar-refractivity contribution in [3.63, 3.8) is 0 Å². The number of carbonyl (C=O) groups excluding carboxylic acids is 1. The fourth-order valence-electron chi connectivity index (χ4n) is 1.57. The average Bonchev–Trinajstić information content (AvgIpc) is 2.48. The second-order valence-electron chi connectivity index (χ2n) is 4.33. The second kappa shape index (κ2) is 7.17. The molecule has 2 aromatic heterocycles. The third-order valence-corrected chi connectivity index (χ3v) is 2.62. The minimum atomic E-state index is -0.268. The van der Waals surface area contributed by atoms with Gasteiger partial charge in [-0.1, -0.05) is 12.0 Å². The maximum atomic E-state index is 12.0. The largest absolute Gasteiger partial charge is 0.395 e. The highest BCUT2D eigenvalue weighted by Crippen LogP contribution is 2.07. The van der Waals surface area contributed by atoms with Crippen molar-refractivity contribution in [1.82, 2.24) is 9.97 Å². The van der Waals surface area contributed by atoms with Crippen molar-refractivity contribution in [2.24, 2.45) is 0 Å². The van der Waals surface area contributed by atoms with Gasteiger partial charge in [-0.15, -0.1) is 0 Å². The molecule has 2 rings (SSSR count). The smallest absolute Gasteiger partial charge is 0.258 e. The van der Waals surface area contributed by atoms with Crippen LogP contribution in [0, 0.1) is 18.8 Å². The molecule has 2 aromatic rings. The van der Waals surface area contributed by atoms with E-state index in [0.717, 1.165) is 5.69 Å². The molecule has 0 aromatic carbocycles. The highest BCUT2D eigenvalue weighted by atomic mass is 16.2. The lowest BCUT2D eigenvalue weighted by Gasteiger charge is -2.04. The molecule has 0 unspecified atom stereocenters. The lowest BCUT2D eigenvalue weighted by atomic mass is 10.2. The summed E-state index contributed by atoms with van der Waals surface area (Å²) in [6, 6.07) is 8.69. The van der Waals surface area contributed by atoms with E-state index in [1.54, 1.807) is 30.3 Å². The number of hydrogen-bond donors (Lipinski definition) is 2. The molecular weight excluding hydrogens is 266 g/mol. The average molecular weight is 281 g/mol. The first-order valence-electron chi connectivity index (χ1n) is 6.50. The number of aromatic nitrogens is 2. The molecule has 0 aliphatic carbocycles. The van der Waals surface area contributed by atoms with Gasteiger partial charge in [-0.25, -0.2) is 4.98 Å². The summed E-state index contributed by atoms with van der Waals surface area (Å²) >= 11 is 0. The molecule has 5 nitrogen and oxygen atoms in total. The fourth-order valence-corrected chi connectivity index (χ4v) is 1.57. The number of nitrogens with zero attached hydrogens (tertiary/aromatic N) is 2. The van der Waals surface area contributed by atoms with Crippen molar-refractivity contribution >= 4 is 11.7 Å². The van der Waals surface area contributed by atoms with Gasteiger partial charge in [0.15, 0.2) is 0 Å². The van der Waals surface area contributed by atoms with Gasteiger partial charge in [0.2, 0.25) is 0 Å². The van der Waals surface area contributed by atoms with Gasteiger partial charge in [0.25, 0.3) is 5.91 Å². The lowest BCUT2D eigenvalue weighted by molar-refractivity contribution is 0.102. The Balaban J connectivity index is 2.09. The Bertz CT molecular complexity index is 685. The van der Waals surface area contributed by atoms with Crippen molar-refractivity contribution in [3.8, 4) is 11.8 Å². The summed E-state index contributed by atoms with van der Waals surface area (Å²) in [6.07, 6.45) is 1.92. The van der Waals surface area contributed by atoms with Gasteiger partial charge in [0.1, 0.15) is 11.5 Å². The summed E-state index contributed by atoms with van der Waals surface area (Å²) < 4.78 is 0. The monoisotopic (exact) mass is 281 g/mol. The molecule has 1 amide bonds. The number of anilines is 1. The summed E-state index contributed by atoms with van der Waals surface area (Å²) in [5.41, 5.74) is 1.87. The maximum Gasteiger partial charge on any atom is 0.258 e. The van der Waals surface area contributed by atoms with Crippen LogP contribution in [0.2, 0.25) is 0 Å². The zero-order valence-corrected chi connectivity index (χ0v) is 11.6. The van der Waals surface area contributed by atoms with Gasteiger partial charge in [-0.05, 0) is 37.1 Å². The van der Waals surface area contributed by atoms with Gasteiger partial charge < -0.3 is 10.4 Å². The molecule has 0 aliphatic rings. The Labute approximate surface area is 123 Å². The third-order valence-electron chi connectivity index (χ3n) is 2.62. The first-order chi connectivity index (χ1) is 10.2. The van der Waals surface area contributed by atoms with Crippen LogP contribution in [0.4, 0.5) is 5.82 Å². The van der Waals surface area contributed by atoms with Crippen molar-refractivity contribution in [2.75, 3.05) is 11.9 Å². The van der Waals surface area contributed by atoms with E-state index in [1.165, 1.54) is 6.20 Å². The SMILES string of the molecule is Cc1ccc(C(=O)Nc2cccc(C#CCCO)n2)cn1. The van der Waals surface area contributed by atoms with Crippen LogP contribution in [0.1, 0.15) is 28.2 Å². The molecule has 0 spiro atoms. The molecule has 0 radical (unpaired) electrons.